The smallest absolute Gasteiger partial charge is 0.233 e. The van der Waals surface area contributed by atoms with Crippen molar-refractivity contribution in [1.82, 2.24) is 14.3 Å². The summed E-state index contributed by atoms with van der Waals surface area (Å²) in [5.41, 5.74) is 4.52. The second kappa shape index (κ2) is 7.22. The standard InChI is InChI=1S/C19H23N3OS2/c1-12-6-7-13(2)17(8-12)24-11-18(23)21(5)10-16-15(4)20-19-22(16)9-14(3)25-19/h6-9H,10-11H2,1-5H3. The molecule has 0 aliphatic carbocycles. The van der Waals surface area contributed by atoms with Gasteiger partial charge in [-0.25, -0.2) is 4.98 Å². The van der Waals surface area contributed by atoms with Gasteiger partial charge >= 0.3 is 0 Å². The van der Waals surface area contributed by atoms with E-state index in [4.69, 9.17) is 0 Å². The van der Waals surface area contributed by atoms with Crippen molar-refractivity contribution in [2.45, 2.75) is 39.1 Å². The molecule has 3 aromatic rings. The molecule has 0 aliphatic rings. The Labute approximate surface area is 156 Å². The van der Waals surface area contributed by atoms with E-state index in [1.54, 1.807) is 28.0 Å². The van der Waals surface area contributed by atoms with Gasteiger partial charge in [0.05, 0.1) is 23.7 Å². The number of carbonyl (C=O) groups is 1. The van der Waals surface area contributed by atoms with Crippen LogP contribution in [0.3, 0.4) is 0 Å². The van der Waals surface area contributed by atoms with Gasteiger partial charge in [0.15, 0.2) is 4.96 Å². The molecule has 25 heavy (non-hydrogen) atoms. The lowest BCUT2D eigenvalue weighted by Gasteiger charge is -2.17. The largest absolute Gasteiger partial charge is 0.339 e. The molecular formula is C19H23N3OS2. The van der Waals surface area contributed by atoms with Gasteiger partial charge in [0.2, 0.25) is 5.91 Å². The molecule has 0 atom stereocenters. The van der Waals surface area contributed by atoms with E-state index in [1.165, 1.54) is 20.9 Å². The Bertz CT molecular complexity index is 926. The highest BCUT2D eigenvalue weighted by Crippen LogP contribution is 2.25. The quantitative estimate of drug-likeness (QED) is 0.623. The number of nitrogens with zero attached hydrogens (tertiary/aromatic N) is 3. The number of imidazole rings is 1. The Morgan fingerprint density at radius 1 is 1.28 bits per heavy atom. The van der Waals surface area contributed by atoms with Gasteiger partial charge in [-0.15, -0.1) is 23.1 Å². The summed E-state index contributed by atoms with van der Waals surface area (Å²) in [5.74, 6) is 0.581. The molecule has 0 aliphatic heterocycles. The molecule has 2 aromatic heterocycles. The van der Waals surface area contributed by atoms with Crippen LogP contribution in [-0.2, 0) is 11.3 Å². The van der Waals surface area contributed by atoms with E-state index in [2.05, 4.69) is 54.6 Å². The van der Waals surface area contributed by atoms with Crippen LogP contribution in [0.15, 0.2) is 29.3 Å². The van der Waals surface area contributed by atoms with Crippen LogP contribution in [0.2, 0.25) is 0 Å². The van der Waals surface area contributed by atoms with Crippen molar-refractivity contribution >= 4 is 34.0 Å². The van der Waals surface area contributed by atoms with Crippen LogP contribution in [0.4, 0.5) is 0 Å². The zero-order valence-electron chi connectivity index (χ0n) is 15.3. The zero-order valence-corrected chi connectivity index (χ0v) is 16.9. The molecule has 0 fully saturated rings. The normalized spacial score (nSPS) is 11.2. The van der Waals surface area contributed by atoms with Crippen LogP contribution in [0, 0.1) is 27.7 Å². The van der Waals surface area contributed by atoms with Gasteiger partial charge in [-0.1, -0.05) is 17.7 Å². The maximum Gasteiger partial charge on any atom is 0.233 e. The molecule has 1 amide bonds. The summed E-state index contributed by atoms with van der Waals surface area (Å²) >= 11 is 3.29. The number of hydrogen-bond acceptors (Lipinski definition) is 4. The van der Waals surface area contributed by atoms with Crippen molar-refractivity contribution in [3.05, 3.63) is 51.8 Å². The summed E-state index contributed by atoms with van der Waals surface area (Å²) in [6.45, 7) is 8.83. The van der Waals surface area contributed by atoms with Crippen molar-refractivity contribution in [3.63, 3.8) is 0 Å². The van der Waals surface area contributed by atoms with Gasteiger partial charge in [0.25, 0.3) is 0 Å². The average Bonchev–Trinajstić information content (AvgIpc) is 3.04. The van der Waals surface area contributed by atoms with Crippen molar-refractivity contribution in [3.8, 4) is 0 Å². The number of thioether (sulfide) groups is 1. The lowest BCUT2D eigenvalue weighted by Crippen LogP contribution is -2.28. The van der Waals surface area contributed by atoms with Crippen LogP contribution < -0.4 is 0 Å². The Morgan fingerprint density at radius 3 is 2.80 bits per heavy atom. The summed E-state index contributed by atoms with van der Waals surface area (Å²) in [5, 5.41) is 0. The average molecular weight is 374 g/mol. The molecule has 0 bridgehead atoms. The summed E-state index contributed by atoms with van der Waals surface area (Å²) in [7, 11) is 1.87. The zero-order chi connectivity index (χ0) is 18.1. The lowest BCUT2D eigenvalue weighted by molar-refractivity contribution is -0.127. The summed E-state index contributed by atoms with van der Waals surface area (Å²) < 4.78 is 2.11. The molecule has 6 heteroatoms. The third kappa shape index (κ3) is 3.90. The number of benzene rings is 1. The number of hydrogen-bond donors (Lipinski definition) is 0. The molecule has 4 nitrogen and oxygen atoms in total. The molecule has 1 aromatic carbocycles. The Hall–Kier alpha value is -1.79. The van der Waals surface area contributed by atoms with E-state index >= 15 is 0 Å². The van der Waals surface area contributed by atoms with Crippen molar-refractivity contribution in [1.29, 1.82) is 0 Å². The predicted molar refractivity (Wildman–Crippen MR) is 106 cm³/mol. The number of aromatic nitrogens is 2. The SMILES string of the molecule is Cc1ccc(C)c(SCC(=O)N(C)Cc2c(C)nc3sc(C)cn23)c1. The van der Waals surface area contributed by atoms with Crippen molar-refractivity contribution < 1.29 is 4.79 Å². The fraction of sp³-hybridized carbons (Fsp3) is 0.368. The third-order valence-electron chi connectivity index (χ3n) is 4.25. The van der Waals surface area contributed by atoms with Crippen LogP contribution in [0.1, 0.15) is 27.4 Å². The molecule has 2 heterocycles. The molecule has 0 spiro atoms. The molecule has 0 radical (unpaired) electrons. The first kappa shape index (κ1) is 18.0. The topological polar surface area (TPSA) is 37.6 Å². The fourth-order valence-corrected chi connectivity index (χ4v) is 4.68. The Kier molecular flexibility index (Phi) is 5.20. The van der Waals surface area contributed by atoms with Crippen LogP contribution in [0.5, 0.6) is 0 Å². The molecule has 3 rings (SSSR count). The number of thiazole rings is 1. The second-order valence-electron chi connectivity index (χ2n) is 6.45. The van der Waals surface area contributed by atoms with Crippen molar-refractivity contribution in [2.75, 3.05) is 12.8 Å². The third-order valence-corrected chi connectivity index (χ3v) is 6.29. The number of fused-ring (bicyclic) bond motifs is 1. The van der Waals surface area contributed by atoms with Gasteiger partial charge < -0.3 is 4.90 Å². The van der Waals surface area contributed by atoms with E-state index in [0.717, 1.165) is 16.3 Å². The van der Waals surface area contributed by atoms with Crippen LogP contribution in [-0.4, -0.2) is 33.0 Å². The monoisotopic (exact) mass is 373 g/mol. The highest BCUT2D eigenvalue weighted by atomic mass is 32.2. The minimum absolute atomic E-state index is 0.132. The van der Waals surface area contributed by atoms with E-state index < -0.39 is 0 Å². The molecule has 0 saturated heterocycles. The van der Waals surface area contributed by atoms with Gasteiger partial charge in [0.1, 0.15) is 0 Å². The summed E-state index contributed by atoms with van der Waals surface area (Å²) in [6.07, 6.45) is 2.10. The Balaban J connectivity index is 1.68. The first-order valence-electron chi connectivity index (χ1n) is 8.23. The first-order valence-corrected chi connectivity index (χ1v) is 10.0. The minimum Gasteiger partial charge on any atom is -0.339 e. The maximum absolute atomic E-state index is 12.6. The van der Waals surface area contributed by atoms with Crippen LogP contribution in [0.25, 0.3) is 4.96 Å². The first-order chi connectivity index (χ1) is 11.8. The molecule has 0 unspecified atom stereocenters. The van der Waals surface area contributed by atoms with E-state index in [-0.39, 0.29) is 5.91 Å². The van der Waals surface area contributed by atoms with E-state index in [9.17, 15) is 4.79 Å². The van der Waals surface area contributed by atoms with Gasteiger partial charge in [-0.2, -0.15) is 0 Å². The highest BCUT2D eigenvalue weighted by Gasteiger charge is 2.16. The summed E-state index contributed by atoms with van der Waals surface area (Å²) in [4.78, 5) is 22.4. The maximum atomic E-state index is 12.6. The Morgan fingerprint density at radius 2 is 2.04 bits per heavy atom. The van der Waals surface area contributed by atoms with E-state index in [0.29, 0.717) is 12.3 Å². The molecule has 132 valence electrons. The lowest BCUT2D eigenvalue weighted by atomic mass is 10.2. The minimum atomic E-state index is 0.132. The van der Waals surface area contributed by atoms with Gasteiger partial charge in [-0.05, 0) is 39.3 Å². The number of amides is 1. The predicted octanol–water partition coefficient (Wildman–Crippen LogP) is 4.38. The second-order valence-corrected chi connectivity index (χ2v) is 8.68. The van der Waals surface area contributed by atoms with E-state index in [1.807, 2.05) is 14.0 Å². The van der Waals surface area contributed by atoms with Gasteiger partial charge in [0, 0.05) is 23.0 Å². The highest BCUT2D eigenvalue weighted by molar-refractivity contribution is 8.00. The van der Waals surface area contributed by atoms with Crippen molar-refractivity contribution in [2.24, 2.45) is 0 Å². The fourth-order valence-electron chi connectivity index (χ4n) is 2.72. The van der Waals surface area contributed by atoms with Gasteiger partial charge in [-0.3, -0.25) is 9.20 Å². The van der Waals surface area contributed by atoms with Crippen LogP contribution >= 0.6 is 23.1 Å². The molecule has 0 saturated carbocycles. The number of rotatable bonds is 5. The number of aryl methyl sites for hydroxylation is 4. The summed E-state index contributed by atoms with van der Waals surface area (Å²) in [6, 6.07) is 6.35. The number of carbonyl (C=O) groups excluding carboxylic acids is 1. The molecular weight excluding hydrogens is 350 g/mol. The molecule has 0 N–H and O–H groups in total.